The van der Waals surface area contributed by atoms with Crippen molar-refractivity contribution >= 4 is 11.4 Å². The molecule has 0 amide bonds. The molecule has 8 nitrogen and oxygen atoms in total. The Hall–Kier alpha value is -3.16. The van der Waals surface area contributed by atoms with Crippen molar-refractivity contribution in [3.63, 3.8) is 0 Å². The normalized spacial score (nSPS) is 10.2. The zero-order valence-electron chi connectivity index (χ0n) is 12.5. The van der Waals surface area contributed by atoms with Gasteiger partial charge in [0, 0.05) is 29.3 Å². The van der Waals surface area contributed by atoms with Crippen LogP contribution in [0.1, 0.15) is 11.1 Å². The van der Waals surface area contributed by atoms with Gasteiger partial charge in [0.15, 0.2) is 0 Å². The standard InChI is InChI=1S/C15H14N2O6/c1-10-7-13(4-5-14(10)17(20)21)23-9-11-8-12(16(18)19)3-6-15(11)22-2/h3-8H,9H2,1-2H3. The predicted octanol–water partition coefficient (Wildman–Crippen LogP) is 3.40. The molecule has 0 saturated heterocycles. The molecule has 0 bridgehead atoms. The van der Waals surface area contributed by atoms with Gasteiger partial charge in [-0.15, -0.1) is 0 Å². The molecule has 2 aromatic rings. The summed E-state index contributed by atoms with van der Waals surface area (Å²) in [6, 6.07) is 8.60. The van der Waals surface area contributed by atoms with Crippen LogP contribution >= 0.6 is 0 Å². The maximum absolute atomic E-state index is 10.8. The van der Waals surface area contributed by atoms with Crippen LogP contribution in [0.4, 0.5) is 11.4 Å². The molecule has 0 saturated carbocycles. The van der Waals surface area contributed by atoms with E-state index in [2.05, 4.69) is 0 Å². The molecule has 0 aliphatic carbocycles. The van der Waals surface area contributed by atoms with Crippen LogP contribution in [0.25, 0.3) is 0 Å². The average molecular weight is 318 g/mol. The first kappa shape index (κ1) is 16.2. The fourth-order valence-electron chi connectivity index (χ4n) is 2.08. The van der Waals surface area contributed by atoms with E-state index in [-0.39, 0.29) is 18.0 Å². The van der Waals surface area contributed by atoms with Crippen molar-refractivity contribution < 1.29 is 19.3 Å². The van der Waals surface area contributed by atoms with Crippen LogP contribution in [-0.4, -0.2) is 17.0 Å². The van der Waals surface area contributed by atoms with Gasteiger partial charge in [0.2, 0.25) is 0 Å². The molecule has 0 spiro atoms. The number of methoxy groups -OCH3 is 1. The fraction of sp³-hybridized carbons (Fsp3) is 0.200. The Kier molecular flexibility index (Phi) is 4.75. The Bertz CT molecular complexity index is 760. The summed E-state index contributed by atoms with van der Waals surface area (Å²) in [4.78, 5) is 20.6. The van der Waals surface area contributed by atoms with Crippen LogP contribution in [0, 0.1) is 27.2 Å². The van der Waals surface area contributed by atoms with Gasteiger partial charge in [-0.3, -0.25) is 20.2 Å². The van der Waals surface area contributed by atoms with E-state index in [0.29, 0.717) is 22.6 Å². The maximum Gasteiger partial charge on any atom is 0.272 e. The number of hydrogen-bond donors (Lipinski definition) is 0. The summed E-state index contributed by atoms with van der Waals surface area (Å²) in [6.45, 7) is 1.65. The highest BCUT2D eigenvalue weighted by Crippen LogP contribution is 2.27. The lowest BCUT2D eigenvalue weighted by molar-refractivity contribution is -0.385. The van der Waals surface area contributed by atoms with E-state index < -0.39 is 9.85 Å². The molecule has 0 N–H and O–H groups in total. The van der Waals surface area contributed by atoms with Crippen molar-refractivity contribution in [2.45, 2.75) is 13.5 Å². The zero-order valence-corrected chi connectivity index (χ0v) is 12.5. The summed E-state index contributed by atoms with van der Waals surface area (Å²) in [5, 5.41) is 21.6. The number of hydrogen-bond acceptors (Lipinski definition) is 6. The molecule has 0 aromatic heterocycles. The molecule has 120 valence electrons. The van der Waals surface area contributed by atoms with Gasteiger partial charge in [0.05, 0.1) is 17.0 Å². The number of nitro benzene ring substituents is 2. The first-order valence-corrected chi connectivity index (χ1v) is 6.61. The van der Waals surface area contributed by atoms with Crippen LogP contribution in [-0.2, 0) is 6.61 Å². The number of rotatable bonds is 6. The molecule has 0 radical (unpaired) electrons. The van der Waals surface area contributed by atoms with E-state index in [0.717, 1.165) is 0 Å². The fourth-order valence-corrected chi connectivity index (χ4v) is 2.08. The molecule has 23 heavy (non-hydrogen) atoms. The smallest absolute Gasteiger partial charge is 0.272 e. The second-order valence-electron chi connectivity index (χ2n) is 4.75. The SMILES string of the molecule is COc1ccc([N+](=O)[O-])cc1COc1ccc([N+](=O)[O-])c(C)c1. The number of ether oxygens (including phenoxy) is 2. The third kappa shape index (κ3) is 3.73. The van der Waals surface area contributed by atoms with Crippen molar-refractivity contribution in [1.82, 2.24) is 0 Å². The first-order valence-electron chi connectivity index (χ1n) is 6.61. The Morgan fingerprint density at radius 1 is 1.04 bits per heavy atom. The van der Waals surface area contributed by atoms with Crippen molar-refractivity contribution in [3.05, 3.63) is 67.8 Å². The molecular formula is C15H14N2O6. The van der Waals surface area contributed by atoms with Gasteiger partial charge < -0.3 is 9.47 Å². The van der Waals surface area contributed by atoms with E-state index in [4.69, 9.17) is 9.47 Å². The van der Waals surface area contributed by atoms with Gasteiger partial charge in [-0.25, -0.2) is 0 Å². The molecule has 0 aliphatic rings. The summed E-state index contributed by atoms with van der Waals surface area (Å²) in [5.41, 5.74) is 0.922. The highest BCUT2D eigenvalue weighted by atomic mass is 16.6. The Morgan fingerprint density at radius 2 is 1.78 bits per heavy atom. The van der Waals surface area contributed by atoms with Gasteiger partial charge in [-0.2, -0.15) is 0 Å². The van der Waals surface area contributed by atoms with Crippen molar-refractivity contribution in [3.8, 4) is 11.5 Å². The zero-order chi connectivity index (χ0) is 17.0. The summed E-state index contributed by atoms with van der Waals surface area (Å²) < 4.78 is 10.7. The van der Waals surface area contributed by atoms with E-state index in [1.807, 2.05) is 0 Å². The number of nitro groups is 2. The lowest BCUT2D eigenvalue weighted by Gasteiger charge is -2.10. The van der Waals surface area contributed by atoms with Gasteiger partial charge in [0.1, 0.15) is 18.1 Å². The second kappa shape index (κ2) is 6.73. The van der Waals surface area contributed by atoms with Crippen molar-refractivity contribution in [1.29, 1.82) is 0 Å². The van der Waals surface area contributed by atoms with Gasteiger partial charge in [-0.1, -0.05) is 0 Å². The van der Waals surface area contributed by atoms with E-state index in [1.54, 1.807) is 13.0 Å². The van der Waals surface area contributed by atoms with Gasteiger partial charge in [0.25, 0.3) is 11.4 Å². The molecule has 0 unspecified atom stereocenters. The van der Waals surface area contributed by atoms with E-state index >= 15 is 0 Å². The topological polar surface area (TPSA) is 105 Å². The minimum absolute atomic E-state index is 0.00489. The number of benzene rings is 2. The minimum atomic E-state index is -0.501. The Morgan fingerprint density at radius 3 is 2.35 bits per heavy atom. The second-order valence-corrected chi connectivity index (χ2v) is 4.75. The number of non-ortho nitro benzene ring substituents is 1. The third-order valence-corrected chi connectivity index (χ3v) is 3.23. The van der Waals surface area contributed by atoms with E-state index in [1.165, 1.54) is 37.4 Å². The van der Waals surface area contributed by atoms with Crippen LogP contribution in [0.15, 0.2) is 36.4 Å². The predicted molar refractivity (Wildman–Crippen MR) is 81.8 cm³/mol. The van der Waals surface area contributed by atoms with Crippen molar-refractivity contribution in [2.75, 3.05) is 7.11 Å². The lowest BCUT2D eigenvalue weighted by Crippen LogP contribution is -2.01. The average Bonchev–Trinajstić information content (AvgIpc) is 2.52. The molecule has 0 heterocycles. The summed E-state index contributed by atoms with van der Waals surface area (Å²) in [7, 11) is 1.46. The third-order valence-electron chi connectivity index (χ3n) is 3.23. The quantitative estimate of drug-likeness (QED) is 0.597. The van der Waals surface area contributed by atoms with Crippen LogP contribution in [0.5, 0.6) is 11.5 Å². The molecule has 0 atom stereocenters. The van der Waals surface area contributed by atoms with Crippen LogP contribution in [0.3, 0.4) is 0 Å². The molecule has 2 rings (SSSR count). The van der Waals surface area contributed by atoms with Crippen LogP contribution in [0.2, 0.25) is 0 Å². The summed E-state index contributed by atoms with van der Waals surface area (Å²) in [5.74, 6) is 0.899. The largest absolute Gasteiger partial charge is 0.496 e. The Balaban J connectivity index is 2.20. The molecule has 2 aromatic carbocycles. The lowest BCUT2D eigenvalue weighted by atomic mass is 10.2. The molecule has 0 aliphatic heterocycles. The maximum atomic E-state index is 10.8. The summed E-state index contributed by atoms with van der Waals surface area (Å²) >= 11 is 0. The Labute approximate surface area is 131 Å². The molecule has 0 fully saturated rings. The monoisotopic (exact) mass is 318 g/mol. The first-order chi connectivity index (χ1) is 10.9. The summed E-state index contributed by atoms with van der Waals surface area (Å²) in [6.07, 6.45) is 0. The molecule has 8 heteroatoms. The van der Waals surface area contributed by atoms with Gasteiger partial charge >= 0.3 is 0 Å². The highest BCUT2D eigenvalue weighted by Gasteiger charge is 2.14. The minimum Gasteiger partial charge on any atom is -0.496 e. The number of aryl methyl sites for hydroxylation is 1. The van der Waals surface area contributed by atoms with Crippen molar-refractivity contribution in [2.24, 2.45) is 0 Å². The molecular weight excluding hydrogens is 304 g/mol. The number of nitrogens with zero attached hydrogens (tertiary/aromatic N) is 2. The van der Waals surface area contributed by atoms with E-state index in [9.17, 15) is 20.2 Å². The highest BCUT2D eigenvalue weighted by molar-refractivity contribution is 5.46. The van der Waals surface area contributed by atoms with Crippen LogP contribution < -0.4 is 9.47 Å². The van der Waals surface area contributed by atoms with Gasteiger partial charge in [-0.05, 0) is 25.1 Å².